The standard InChI is InChI=1S/C13H21N3O2S2/c1-3-18-11(17)13(2,15-10-5-6-10)7-4-8-19-12-16-14-9-20-12/h9-10,15H,3-8H2,1-2H3. The number of hydrogen-bond acceptors (Lipinski definition) is 7. The van der Waals surface area contributed by atoms with Gasteiger partial charge in [0.1, 0.15) is 11.0 Å². The lowest BCUT2D eigenvalue weighted by atomic mass is 9.96. The maximum atomic E-state index is 12.1. The van der Waals surface area contributed by atoms with Gasteiger partial charge in [-0.15, -0.1) is 10.2 Å². The van der Waals surface area contributed by atoms with Gasteiger partial charge in [0.2, 0.25) is 0 Å². The molecule has 1 unspecified atom stereocenters. The van der Waals surface area contributed by atoms with Crippen LogP contribution in [0.2, 0.25) is 0 Å². The van der Waals surface area contributed by atoms with Crippen molar-refractivity contribution in [3.05, 3.63) is 5.51 Å². The molecule has 1 N–H and O–H groups in total. The van der Waals surface area contributed by atoms with E-state index < -0.39 is 5.54 Å². The van der Waals surface area contributed by atoms with E-state index in [0.717, 1.165) is 35.8 Å². The van der Waals surface area contributed by atoms with Gasteiger partial charge in [0.15, 0.2) is 4.34 Å². The van der Waals surface area contributed by atoms with Crippen molar-refractivity contribution in [2.24, 2.45) is 0 Å². The highest BCUT2D eigenvalue weighted by Gasteiger charge is 2.39. The molecule has 1 fully saturated rings. The highest BCUT2D eigenvalue weighted by Crippen LogP contribution is 2.27. The van der Waals surface area contributed by atoms with Crippen LogP contribution in [0.5, 0.6) is 0 Å². The Morgan fingerprint density at radius 2 is 2.45 bits per heavy atom. The molecule has 0 saturated heterocycles. The predicted octanol–water partition coefficient (Wildman–Crippen LogP) is 2.48. The van der Waals surface area contributed by atoms with Crippen LogP contribution in [0.15, 0.2) is 9.85 Å². The second-order valence-corrected chi connectivity index (χ2v) is 7.30. The van der Waals surface area contributed by atoms with Gasteiger partial charge in [-0.3, -0.25) is 10.1 Å². The molecule has 5 nitrogen and oxygen atoms in total. The number of nitrogens with one attached hydrogen (secondary N) is 1. The number of carbonyl (C=O) groups excluding carboxylic acids is 1. The Hall–Kier alpha value is -0.660. The van der Waals surface area contributed by atoms with Crippen LogP contribution in [0.3, 0.4) is 0 Å². The summed E-state index contributed by atoms with van der Waals surface area (Å²) >= 11 is 3.24. The first-order chi connectivity index (χ1) is 9.64. The summed E-state index contributed by atoms with van der Waals surface area (Å²) in [6, 6.07) is 0.486. The van der Waals surface area contributed by atoms with Gasteiger partial charge < -0.3 is 4.74 Å². The molecule has 0 aliphatic heterocycles. The second kappa shape index (κ2) is 7.38. The lowest BCUT2D eigenvalue weighted by Crippen LogP contribution is -2.51. The Morgan fingerprint density at radius 3 is 3.05 bits per heavy atom. The van der Waals surface area contributed by atoms with E-state index in [-0.39, 0.29) is 5.97 Å². The summed E-state index contributed by atoms with van der Waals surface area (Å²) in [7, 11) is 0. The number of carbonyl (C=O) groups is 1. The summed E-state index contributed by atoms with van der Waals surface area (Å²) in [6.07, 6.45) is 4.05. The summed E-state index contributed by atoms with van der Waals surface area (Å²) in [5.41, 5.74) is 1.18. The average molecular weight is 315 g/mol. The van der Waals surface area contributed by atoms with Crippen LogP contribution < -0.4 is 5.32 Å². The Balaban J connectivity index is 1.78. The summed E-state index contributed by atoms with van der Waals surface area (Å²) in [5.74, 6) is 0.809. The first-order valence-electron chi connectivity index (χ1n) is 6.98. The number of thioether (sulfide) groups is 1. The van der Waals surface area contributed by atoms with Crippen LogP contribution in [0.4, 0.5) is 0 Å². The number of esters is 1. The number of ether oxygens (including phenoxy) is 1. The van der Waals surface area contributed by atoms with Gasteiger partial charge in [-0.25, -0.2) is 0 Å². The van der Waals surface area contributed by atoms with E-state index in [2.05, 4.69) is 15.5 Å². The van der Waals surface area contributed by atoms with Crippen molar-refractivity contribution in [1.29, 1.82) is 0 Å². The van der Waals surface area contributed by atoms with Gasteiger partial charge in [-0.05, 0) is 39.5 Å². The van der Waals surface area contributed by atoms with Gasteiger partial charge in [0.05, 0.1) is 6.61 Å². The third-order valence-corrected chi connectivity index (χ3v) is 5.16. The Morgan fingerprint density at radius 1 is 1.65 bits per heavy atom. The minimum atomic E-state index is -0.557. The van der Waals surface area contributed by atoms with E-state index in [9.17, 15) is 4.79 Å². The summed E-state index contributed by atoms with van der Waals surface area (Å²) < 4.78 is 6.19. The normalized spacial score (nSPS) is 17.7. The number of hydrogen-bond donors (Lipinski definition) is 1. The second-order valence-electron chi connectivity index (χ2n) is 5.13. The smallest absolute Gasteiger partial charge is 0.326 e. The van der Waals surface area contributed by atoms with Crippen molar-refractivity contribution in [2.75, 3.05) is 12.4 Å². The topological polar surface area (TPSA) is 64.1 Å². The van der Waals surface area contributed by atoms with Crippen molar-refractivity contribution in [1.82, 2.24) is 15.5 Å². The summed E-state index contributed by atoms with van der Waals surface area (Å²) in [5, 5.41) is 11.2. The molecule has 0 spiro atoms. The lowest BCUT2D eigenvalue weighted by Gasteiger charge is -2.28. The van der Waals surface area contributed by atoms with Crippen LogP contribution in [0, 0.1) is 0 Å². The van der Waals surface area contributed by atoms with E-state index in [1.165, 1.54) is 0 Å². The molecule has 1 atom stereocenters. The third kappa shape index (κ3) is 4.71. The van der Waals surface area contributed by atoms with Crippen LogP contribution >= 0.6 is 23.1 Å². The average Bonchev–Trinajstić information content (AvgIpc) is 3.07. The van der Waals surface area contributed by atoms with E-state index in [1.54, 1.807) is 28.6 Å². The van der Waals surface area contributed by atoms with Crippen molar-refractivity contribution in [2.45, 2.75) is 55.5 Å². The fourth-order valence-electron chi connectivity index (χ4n) is 2.01. The molecule has 0 radical (unpaired) electrons. The van der Waals surface area contributed by atoms with Gasteiger partial charge in [-0.2, -0.15) is 0 Å². The molecular weight excluding hydrogens is 294 g/mol. The minimum Gasteiger partial charge on any atom is -0.465 e. The molecule has 1 saturated carbocycles. The molecule has 112 valence electrons. The van der Waals surface area contributed by atoms with Gasteiger partial charge in [-0.1, -0.05) is 23.1 Å². The molecule has 2 rings (SSSR count). The maximum Gasteiger partial charge on any atom is 0.326 e. The molecule has 1 aromatic heterocycles. The zero-order valence-corrected chi connectivity index (χ0v) is 13.6. The van der Waals surface area contributed by atoms with Crippen LogP contribution in [0.1, 0.15) is 39.5 Å². The monoisotopic (exact) mass is 315 g/mol. The van der Waals surface area contributed by atoms with Crippen LogP contribution in [0.25, 0.3) is 0 Å². The molecule has 1 aromatic rings. The van der Waals surface area contributed by atoms with Crippen molar-refractivity contribution in [3.63, 3.8) is 0 Å². The van der Waals surface area contributed by atoms with Crippen LogP contribution in [-0.2, 0) is 9.53 Å². The zero-order valence-electron chi connectivity index (χ0n) is 11.9. The van der Waals surface area contributed by atoms with Gasteiger partial charge >= 0.3 is 5.97 Å². The Bertz CT molecular complexity index is 423. The van der Waals surface area contributed by atoms with E-state index >= 15 is 0 Å². The molecule has 20 heavy (non-hydrogen) atoms. The van der Waals surface area contributed by atoms with Crippen LogP contribution in [-0.4, -0.2) is 40.1 Å². The predicted molar refractivity (Wildman–Crippen MR) is 81.1 cm³/mol. The molecule has 0 aromatic carbocycles. The number of rotatable bonds is 9. The lowest BCUT2D eigenvalue weighted by molar-refractivity contribution is -0.151. The molecule has 0 bridgehead atoms. The Labute approximate surface area is 127 Å². The molecule has 0 amide bonds. The summed E-state index contributed by atoms with van der Waals surface area (Å²) in [4.78, 5) is 12.1. The largest absolute Gasteiger partial charge is 0.465 e. The molecule has 7 heteroatoms. The van der Waals surface area contributed by atoms with Crippen molar-refractivity contribution < 1.29 is 9.53 Å². The van der Waals surface area contributed by atoms with Gasteiger partial charge in [0, 0.05) is 11.8 Å². The van der Waals surface area contributed by atoms with Crippen molar-refractivity contribution in [3.8, 4) is 0 Å². The first kappa shape index (κ1) is 15.7. The molecular formula is C13H21N3O2S2. The Kier molecular flexibility index (Phi) is 5.80. The maximum absolute atomic E-state index is 12.1. The SMILES string of the molecule is CCOC(=O)C(C)(CCCSc1nncs1)NC1CC1. The third-order valence-electron chi connectivity index (χ3n) is 3.21. The summed E-state index contributed by atoms with van der Waals surface area (Å²) in [6.45, 7) is 4.24. The fourth-order valence-corrected chi connectivity index (χ4v) is 3.51. The zero-order chi connectivity index (χ0) is 14.4. The van der Waals surface area contributed by atoms with Gasteiger partial charge in [0.25, 0.3) is 0 Å². The quantitative estimate of drug-likeness (QED) is 0.429. The van der Waals surface area contributed by atoms with E-state index in [1.807, 2.05) is 13.8 Å². The molecule has 1 aliphatic rings. The number of nitrogens with zero attached hydrogens (tertiary/aromatic N) is 2. The molecule has 1 heterocycles. The fraction of sp³-hybridized carbons (Fsp3) is 0.769. The minimum absolute atomic E-state index is 0.132. The highest BCUT2D eigenvalue weighted by molar-refractivity contribution is 8.00. The molecule has 1 aliphatic carbocycles. The number of aromatic nitrogens is 2. The van der Waals surface area contributed by atoms with E-state index in [4.69, 9.17) is 4.74 Å². The first-order valence-corrected chi connectivity index (χ1v) is 8.84. The van der Waals surface area contributed by atoms with Crippen molar-refractivity contribution >= 4 is 29.1 Å². The highest BCUT2D eigenvalue weighted by atomic mass is 32.2. The van der Waals surface area contributed by atoms with E-state index in [0.29, 0.717) is 12.6 Å².